The van der Waals surface area contributed by atoms with Crippen LogP contribution in [0.4, 0.5) is 10.1 Å². The molecule has 0 saturated carbocycles. The minimum absolute atomic E-state index is 0.200. The summed E-state index contributed by atoms with van der Waals surface area (Å²) in [6.07, 6.45) is 1.90. The van der Waals surface area contributed by atoms with E-state index >= 15 is 0 Å². The van der Waals surface area contributed by atoms with Gasteiger partial charge < -0.3 is 25.0 Å². The first-order chi connectivity index (χ1) is 15.8. The Labute approximate surface area is 188 Å². The zero-order valence-electron chi connectivity index (χ0n) is 17.6. The third-order valence-corrected chi connectivity index (χ3v) is 5.57. The predicted molar refractivity (Wildman–Crippen MR) is 122 cm³/mol. The molecule has 8 nitrogen and oxygen atoms in total. The van der Waals surface area contributed by atoms with Crippen molar-refractivity contribution in [3.8, 4) is 0 Å². The van der Waals surface area contributed by atoms with E-state index < -0.39 is 22.9 Å². The molecular formula is C24H22FN3O5. The largest absolute Gasteiger partial charge is 0.507 e. The van der Waals surface area contributed by atoms with Crippen molar-refractivity contribution in [2.24, 2.45) is 0 Å². The van der Waals surface area contributed by atoms with Crippen molar-refractivity contribution in [3.63, 3.8) is 0 Å². The second-order valence-electron chi connectivity index (χ2n) is 7.76. The molecule has 1 saturated heterocycles. The molecule has 3 aromatic rings. The molecule has 0 unspecified atom stereocenters. The molecule has 33 heavy (non-hydrogen) atoms. The van der Waals surface area contributed by atoms with Gasteiger partial charge in [0, 0.05) is 56.1 Å². The molecule has 1 aromatic heterocycles. The molecule has 4 rings (SSSR count). The number of hydrogen-bond acceptors (Lipinski definition) is 6. The van der Waals surface area contributed by atoms with Gasteiger partial charge in [0.25, 0.3) is 5.78 Å². The number of anilines is 1. The van der Waals surface area contributed by atoms with Crippen LogP contribution in [0.2, 0.25) is 0 Å². The topological polar surface area (TPSA) is 112 Å². The fraction of sp³-hybridized carbons (Fsp3) is 0.208. The van der Waals surface area contributed by atoms with Crippen LogP contribution in [0.25, 0.3) is 16.7 Å². The van der Waals surface area contributed by atoms with Crippen LogP contribution in [-0.4, -0.2) is 52.7 Å². The Morgan fingerprint density at radius 3 is 2.42 bits per heavy atom. The van der Waals surface area contributed by atoms with Crippen LogP contribution in [0.1, 0.15) is 11.1 Å². The maximum absolute atomic E-state index is 13.4. The maximum Gasteiger partial charge on any atom is 0.376 e. The van der Waals surface area contributed by atoms with E-state index in [0.29, 0.717) is 17.0 Å². The fourth-order valence-electron chi connectivity index (χ4n) is 3.86. The molecule has 3 N–H and O–H groups in total. The standard InChI is InChI=1S/C24H22FN3O5/c25-16-3-1-15(2-4-16)13-28-14-19(21(29)12-22(30)24(32)33)23(31)18-6-5-17(11-20(18)28)27-9-7-26-8-10-27/h1-6,11-12,14,26,29H,7-10,13H2,(H,32,33). The lowest BCUT2D eigenvalue weighted by atomic mass is 10.1. The number of aliphatic hydroxyl groups excluding tert-OH is 1. The fourth-order valence-corrected chi connectivity index (χ4v) is 3.86. The van der Waals surface area contributed by atoms with Gasteiger partial charge in [0.15, 0.2) is 5.43 Å². The van der Waals surface area contributed by atoms with E-state index in [1.54, 1.807) is 22.8 Å². The molecule has 2 aromatic carbocycles. The number of pyridine rings is 1. The summed E-state index contributed by atoms with van der Waals surface area (Å²) in [6.45, 7) is 3.57. The number of hydrogen-bond donors (Lipinski definition) is 3. The van der Waals surface area contributed by atoms with Crippen LogP contribution in [0, 0.1) is 5.82 Å². The van der Waals surface area contributed by atoms with Crippen molar-refractivity contribution in [1.29, 1.82) is 0 Å². The average Bonchev–Trinajstić information content (AvgIpc) is 2.82. The third-order valence-electron chi connectivity index (χ3n) is 5.57. The highest BCUT2D eigenvalue weighted by Gasteiger charge is 2.18. The van der Waals surface area contributed by atoms with E-state index in [-0.39, 0.29) is 17.9 Å². The van der Waals surface area contributed by atoms with Gasteiger partial charge in [-0.2, -0.15) is 0 Å². The second kappa shape index (κ2) is 9.25. The van der Waals surface area contributed by atoms with E-state index in [0.717, 1.165) is 37.4 Å². The lowest BCUT2D eigenvalue weighted by Gasteiger charge is -2.30. The summed E-state index contributed by atoms with van der Waals surface area (Å²) < 4.78 is 15.1. The molecule has 0 spiro atoms. The molecule has 170 valence electrons. The van der Waals surface area contributed by atoms with Gasteiger partial charge in [-0.1, -0.05) is 12.1 Å². The number of nitrogens with zero attached hydrogens (tertiary/aromatic N) is 2. The SMILES string of the molecule is O=C(O)C(=O)C=C(O)c1cn(Cc2ccc(F)cc2)c2cc(N3CCNCC3)ccc2c1=O. The Morgan fingerprint density at radius 1 is 1.06 bits per heavy atom. The second-order valence-corrected chi connectivity index (χ2v) is 7.76. The number of benzene rings is 2. The zero-order valence-corrected chi connectivity index (χ0v) is 17.6. The Bertz CT molecular complexity index is 1310. The average molecular weight is 451 g/mol. The molecule has 1 aliphatic heterocycles. The minimum Gasteiger partial charge on any atom is -0.507 e. The Kier molecular flexibility index (Phi) is 6.23. The van der Waals surface area contributed by atoms with Gasteiger partial charge in [0.1, 0.15) is 11.6 Å². The number of rotatable bonds is 6. The number of ketones is 1. The summed E-state index contributed by atoms with van der Waals surface area (Å²) in [4.78, 5) is 37.7. The van der Waals surface area contributed by atoms with Crippen LogP contribution in [0.5, 0.6) is 0 Å². The summed E-state index contributed by atoms with van der Waals surface area (Å²) in [7, 11) is 0. The van der Waals surface area contributed by atoms with E-state index in [1.807, 2.05) is 12.1 Å². The molecular weight excluding hydrogens is 429 g/mol. The number of aliphatic carboxylic acids is 1. The summed E-state index contributed by atoms with van der Waals surface area (Å²) in [5, 5.41) is 22.8. The first kappa shape index (κ1) is 22.2. The Hall–Kier alpha value is -3.98. The van der Waals surface area contributed by atoms with Crippen LogP contribution >= 0.6 is 0 Å². The van der Waals surface area contributed by atoms with Crippen molar-refractivity contribution >= 4 is 34.1 Å². The van der Waals surface area contributed by atoms with E-state index in [1.165, 1.54) is 18.3 Å². The number of carboxylic acid groups (broad SMARTS) is 1. The van der Waals surface area contributed by atoms with Gasteiger partial charge in [-0.3, -0.25) is 9.59 Å². The maximum atomic E-state index is 13.4. The van der Waals surface area contributed by atoms with Crippen LogP contribution in [-0.2, 0) is 16.1 Å². The van der Waals surface area contributed by atoms with Gasteiger partial charge in [-0.05, 0) is 35.9 Å². The highest BCUT2D eigenvalue weighted by atomic mass is 19.1. The van der Waals surface area contributed by atoms with Crippen LogP contribution in [0.15, 0.2) is 59.5 Å². The number of carbonyl (C=O) groups excluding carboxylic acids is 1. The van der Waals surface area contributed by atoms with E-state index in [9.17, 15) is 23.9 Å². The number of aromatic nitrogens is 1. The number of halogens is 1. The van der Waals surface area contributed by atoms with Gasteiger partial charge in [0.2, 0.25) is 0 Å². The summed E-state index contributed by atoms with van der Waals surface area (Å²) in [5.41, 5.74) is 1.56. The minimum atomic E-state index is -1.74. The monoisotopic (exact) mass is 451 g/mol. The summed E-state index contributed by atoms with van der Waals surface area (Å²) >= 11 is 0. The Balaban J connectivity index is 1.87. The Morgan fingerprint density at radius 2 is 1.76 bits per heavy atom. The molecule has 9 heteroatoms. The first-order valence-corrected chi connectivity index (χ1v) is 10.4. The lowest BCUT2D eigenvalue weighted by molar-refractivity contribution is -0.146. The number of fused-ring (bicyclic) bond motifs is 1. The van der Waals surface area contributed by atoms with Crippen molar-refractivity contribution in [3.05, 3.63) is 81.9 Å². The molecule has 1 fully saturated rings. The van der Waals surface area contributed by atoms with Crippen LogP contribution < -0.4 is 15.6 Å². The highest BCUT2D eigenvalue weighted by molar-refractivity contribution is 6.38. The molecule has 1 aliphatic rings. The number of carboxylic acids is 1. The van der Waals surface area contributed by atoms with Gasteiger partial charge in [-0.25, -0.2) is 9.18 Å². The molecule has 0 bridgehead atoms. The molecule has 0 aliphatic carbocycles. The van der Waals surface area contributed by atoms with Crippen molar-refractivity contribution in [1.82, 2.24) is 9.88 Å². The molecule has 2 heterocycles. The number of aliphatic hydroxyl groups is 1. The van der Waals surface area contributed by atoms with Gasteiger partial charge >= 0.3 is 5.97 Å². The number of nitrogens with one attached hydrogen (secondary N) is 1. The van der Waals surface area contributed by atoms with Crippen molar-refractivity contribution in [2.45, 2.75) is 6.54 Å². The summed E-state index contributed by atoms with van der Waals surface area (Å²) in [6, 6.07) is 11.3. The van der Waals surface area contributed by atoms with Crippen LogP contribution in [0.3, 0.4) is 0 Å². The zero-order chi connectivity index (χ0) is 23.5. The van der Waals surface area contributed by atoms with Gasteiger partial charge in [-0.15, -0.1) is 0 Å². The normalized spacial score (nSPS) is 14.5. The lowest BCUT2D eigenvalue weighted by Crippen LogP contribution is -2.43. The molecule has 0 atom stereocenters. The van der Waals surface area contributed by atoms with Crippen molar-refractivity contribution < 1.29 is 24.2 Å². The quantitative estimate of drug-likeness (QED) is 0.299. The first-order valence-electron chi connectivity index (χ1n) is 10.4. The molecule has 0 amide bonds. The number of piperazine rings is 1. The third kappa shape index (κ3) is 4.78. The highest BCUT2D eigenvalue weighted by Crippen LogP contribution is 2.24. The van der Waals surface area contributed by atoms with E-state index in [2.05, 4.69) is 10.2 Å². The summed E-state index contributed by atoms with van der Waals surface area (Å²) in [5.74, 6) is -4.19. The smallest absolute Gasteiger partial charge is 0.376 e. The molecule has 0 radical (unpaired) electrons. The predicted octanol–water partition coefficient (Wildman–Crippen LogP) is 2.15. The van der Waals surface area contributed by atoms with Crippen molar-refractivity contribution in [2.75, 3.05) is 31.1 Å². The van der Waals surface area contributed by atoms with E-state index in [4.69, 9.17) is 5.11 Å². The van der Waals surface area contributed by atoms with Gasteiger partial charge in [0.05, 0.1) is 11.1 Å². The number of carbonyl (C=O) groups is 2.